The largest absolute Gasteiger partial charge is 0.482 e. The number of aromatic nitrogens is 1. The second-order valence-electron chi connectivity index (χ2n) is 5.01. The Morgan fingerprint density at radius 1 is 0.905 bits per heavy atom. The van der Waals surface area contributed by atoms with E-state index in [1.54, 1.807) is 12.1 Å². The number of hydrogen-bond acceptors (Lipinski definition) is 4. The van der Waals surface area contributed by atoms with E-state index in [-0.39, 0.29) is 6.61 Å². The minimum Gasteiger partial charge on any atom is -0.482 e. The molecule has 1 aromatic heterocycles. The summed E-state index contributed by atoms with van der Waals surface area (Å²) in [6.07, 6.45) is 0. The highest BCUT2D eigenvalue weighted by molar-refractivity contribution is 5.78. The molecule has 0 fully saturated rings. The fourth-order valence-electron chi connectivity index (χ4n) is 2.45. The van der Waals surface area contributed by atoms with Crippen LogP contribution in [-0.2, 0) is 5.79 Å². The molecule has 3 aromatic rings. The number of rotatable bonds is 1. The van der Waals surface area contributed by atoms with Gasteiger partial charge < -0.3 is 14.6 Å². The van der Waals surface area contributed by atoms with Crippen LogP contribution < -0.4 is 9.47 Å². The van der Waals surface area contributed by atoms with Gasteiger partial charge in [-0.3, -0.25) is 0 Å². The minimum absolute atomic E-state index is 0.00928. The topological polar surface area (TPSA) is 51.6 Å². The summed E-state index contributed by atoms with van der Waals surface area (Å²) in [5.74, 6) is -0.428. The van der Waals surface area contributed by atoms with E-state index in [2.05, 4.69) is 4.98 Å². The van der Waals surface area contributed by atoms with Crippen LogP contribution in [0.25, 0.3) is 10.9 Å². The molecular weight excluding hydrogens is 266 g/mol. The number of fused-ring (bicyclic) bond motifs is 2. The van der Waals surface area contributed by atoms with Crippen molar-refractivity contribution in [3.05, 3.63) is 66.4 Å². The molecule has 2 aromatic carbocycles. The van der Waals surface area contributed by atoms with Crippen LogP contribution in [0.2, 0.25) is 0 Å². The normalized spacial score (nSPS) is 20.4. The zero-order valence-corrected chi connectivity index (χ0v) is 11.2. The SMILES string of the molecule is O[C@]1(c2ccc3ccccc3n2)COc2ccccc2O1. The van der Waals surface area contributed by atoms with Crippen molar-refractivity contribution < 1.29 is 14.6 Å². The molecule has 0 radical (unpaired) electrons. The summed E-state index contributed by atoms with van der Waals surface area (Å²) in [5.41, 5.74) is 1.25. The van der Waals surface area contributed by atoms with E-state index in [1.807, 2.05) is 48.5 Å². The van der Waals surface area contributed by atoms with Gasteiger partial charge in [0.25, 0.3) is 5.79 Å². The van der Waals surface area contributed by atoms with E-state index >= 15 is 0 Å². The van der Waals surface area contributed by atoms with Crippen LogP contribution in [0.3, 0.4) is 0 Å². The molecule has 1 aliphatic rings. The summed E-state index contributed by atoms with van der Waals surface area (Å²) in [6, 6.07) is 18.7. The number of aliphatic hydroxyl groups is 1. The monoisotopic (exact) mass is 279 g/mol. The van der Waals surface area contributed by atoms with Crippen LogP contribution in [0.1, 0.15) is 5.69 Å². The molecule has 4 heteroatoms. The molecule has 4 nitrogen and oxygen atoms in total. The molecule has 0 aliphatic carbocycles. The summed E-state index contributed by atoms with van der Waals surface area (Å²) in [6.45, 7) is 0.00928. The predicted octanol–water partition coefficient (Wildman–Crippen LogP) is 2.85. The first-order valence-corrected chi connectivity index (χ1v) is 6.74. The van der Waals surface area contributed by atoms with Crippen LogP contribution in [0.15, 0.2) is 60.7 Å². The van der Waals surface area contributed by atoms with Gasteiger partial charge in [-0.2, -0.15) is 0 Å². The summed E-state index contributed by atoms with van der Waals surface area (Å²) in [5, 5.41) is 11.8. The number of ether oxygens (including phenoxy) is 2. The van der Waals surface area contributed by atoms with E-state index in [0.717, 1.165) is 10.9 Å². The second-order valence-corrected chi connectivity index (χ2v) is 5.01. The lowest BCUT2D eigenvalue weighted by Gasteiger charge is -2.33. The Balaban J connectivity index is 1.77. The van der Waals surface area contributed by atoms with Crippen molar-refractivity contribution in [3.8, 4) is 11.5 Å². The molecule has 4 rings (SSSR count). The Bertz CT molecular complexity index is 818. The van der Waals surface area contributed by atoms with Crippen molar-refractivity contribution >= 4 is 10.9 Å². The van der Waals surface area contributed by atoms with Crippen molar-refractivity contribution in [3.63, 3.8) is 0 Å². The van der Waals surface area contributed by atoms with E-state index in [9.17, 15) is 5.11 Å². The molecule has 0 bridgehead atoms. The van der Waals surface area contributed by atoms with Gasteiger partial charge in [0.1, 0.15) is 5.69 Å². The Kier molecular flexibility index (Phi) is 2.59. The molecule has 0 spiro atoms. The third kappa shape index (κ3) is 2.00. The third-order valence-electron chi connectivity index (χ3n) is 3.55. The Hall–Kier alpha value is -2.59. The van der Waals surface area contributed by atoms with E-state index in [1.165, 1.54) is 0 Å². The Morgan fingerprint density at radius 3 is 2.57 bits per heavy atom. The predicted molar refractivity (Wildman–Crippen MR) is 78.2 cm³/mol. The van der Waals surface area contributed by atoms with E-state index in [4.69, 9.17) is 9.47 Å². The quantitative estimate of drug-likeness (QED) is 0.744. The number of nitrogens with zero attached hydrogens (tertiary/aromatic N) is 1. The standard InChI is InChI=1S/C17H13NO3/c19-17(11-20-14-7-3-4-8-15(14)21-17)16-10-9-12-5-1-2-6-13(12)18-16/h1-10,19H,11H2/t17-/m1/s1. The van der Waals surface area contributed by atoms with Crippen molar-refractivity contribution in [1.29, 1.82) is 0 Å². The van der Waals surface area contributed by atoms with E-state index < -0.39 is 5.79 Å². The summed E-state index contributed by atoms with van der Waals surface area (Å²) in [7, 11) is 0. The lowest BCUT2D eigenvalue weighted by molar-refractivity contribution is -0.185. The van der Waals surface area contributed by atoms with Crippen LogP contribution >= 0.6 is 0 Å². The number of benzene rings is 2. The van der Waals surface area contributed by atoms with Crippen molar-refractivity contribution in [2.24, 2.45) is 0 Å². The van der Waals surface area contributed by atoms with Crippen LogP contribution in [0.5, 0.6) is 11.5 Å². The van der Waals surface area contributed by atoms with Crippen LogP contribution in [0, 0.1) is 0 Å². The number of para-hydroxylation sites is 3. The van der Waals surface area contributed by atoms with Crippen molar-refractivity contribution in [1.82, 2.24) is 4.98 Å². The molecule has 1 atom stereocenters. The first-order chi connectivity index (χ1) is 10.2. The minimum atomic E-state index is -1.57. The van der Waals surface area contributed by atoms with Gasteiger partial charge in [-0.05, 0) is 24.3 Å². The zero-order valence-electron chi connectivity index (χ0n) is 11.2. The van der Waals surface area contributed by atoms with Crippen LogP contribution in [0.4, 0.5) is 0 Å². The highest BCUT2D eigenvalue weighted by Gasteiger charge is 2.39. The van der Waals surface area contributed by atoms with Crippen molar-refractivity contribution in [2.45, 2.75) is 5.79 Å². The summed E-state index contributed by atoms with van der Waals surface area (Å²) in [4.78, 5) is 4.49. The molecule has 104 valence electrons. The average Bonchev–Trinajstić information content (AvgIpc) is 2.54. The highest BCUT2D eigenvalue weighted by atomic mass is 16.7. The molecule has 1 N–H and O–H groups in total. The first-order valence-electron chi connectivity index (χ1n) is 6.74. The fourth-order valence-corrected chi connectivity index (χ4v) is 2.45. The Morgan fingerprint density at radius 2 is 1.67 bits per heavy atom. The van der Waals surface area contributed by atoms with Gasteiger partial charge in [0, 0.05) is 5.39 Å². The molecule has 0 saturated heterocycles. The molecule has 0 saturated carbocycles. The van der Waals surface area contributed by atoms with Gasteiger partial charge in [0.2, 0.25) is 0 Å². The maximum atomic E-state index is 10.7. The first kappa shape index (κ1) is 12.2. The molecular formula is C17H13NO3. The second kappa shape index (κ2) is 4.46. The van der Waals surface area contributed by atoms with Gasteiger partial charge in [0.05, 0.1) is 5.52 Å². The van der Waals surface area contributed by atoms with Gasteiger partial charge in [0.15, 0.2) is 18.1 Å². The maximum absolute atomic E-state index is 10.7. The Labute approximate surface area is 121 Å². The summed E-state index contributed by atoms with van der Waals surface area (Å²) < 4.78 is 11.3. The van der Waals surface area contributed by atoms with Gasteiger partial charge in [-0.15, -0.1) is 0 Å². The van der Waals surface area contributed by atoms with E-state index in [0.29, 0.717) is 17.2 Å². The number of pyridine rings is 1. The molecule has 1 aliphatic heterocycles. The van der Waals surface area contributed by atoms with Gasteiger partial charge >= 0.3 is 0 Å². The third-order valence-corrected chi connectivity index (χ3v) is 3.55. The van der Waals surface area contributed by atoms with Gasteiger partial charge in [-0.1, -0.05) is 36.4 Å². The fraction of sp³-hybridized carbons (Fsp3) is 0.118. The lowest BCUT2D eigenvalue weighted by Crippen LogP contribution is -2.42. The average molecular weight is 279 g/mol. The maximum Gasteiger partial charge on any atom is 0.286 e. The molecule has 2 heterocycles. The lowest BCUT2D eigenvalue weighted by atomic mass is 10.1. The molecule has 21 heavy (non-hydrogen) atoms. The van der Waals surface area contributed by atoms with Gasteiger partial charge in [-0.25, -0.2) is 4.98 Å². The zero-order chi connectivity index (χ0) is 14.3. The van der Waals surface area contributed by atoms with Crippen LogP contribution in [-0.4, -0.2) is 16.7 Å². The number of hydrogen-bond donors (Lipinski definition) is 1. The highest BCUT2D eigenvalue weighted by Crippen LogP contribution is 2.37. The molecule has 0 unspecified atom stereocenters. The smallest absolute Gasteiger partial charge is 0.286 e. The van der Waals surface area contributed by atoms with Crippen molar-refractivity contribution in [2.75, 3.05) is 6.61 Å². The summed E-state index contributed by atoms with van der Waals surface area (Å²) >= 11 is 0. The molecule has 0 amide bonds.